The van der Waals surface area contributed by atoms with E-state index < -0.39 is 5.60 Å². The summed E-state index contributed by atoms with van der Waals surface area (Å²) < 4.78 is 0. The molecule has 4 nitrogen and oxygen atoms in total. The fourth-order valence-electron chi connectivity index (χ4n) is 4.99. The Balaban J connectivity index is 1.42. The summed E-state index contributed by atoms with van der Waals surface area (Å²) in [7, 11) is 1.86. The van der Waals surface area contributed by atoms with Crippen molar-refractivity contribution in [2.75, 3.05) is 26.7 Å². The SMILES string of the molecule is CN=C(NCC1(O)CCc2ccccc21)N1CC2CCCCC2C1. The quantitative estimate of drug-likeness (QED) is 0.648. The van der Waals surface area contributed by atoms with Gasteiger partial charge in [-0.2, -0.15) is 0 Å². The molecular formula is C20H29N3O. The Labute approximate surface area is 145 Å². The molecule has 1 saturated carbocycles. The minimum Gasteiger partial charge on any atom is -0.383 e. The zero-order valence-electron chi connectivity index (χ0n) is 14.7. The van der Waals surface area contributed by atoms with E-state index in [1.165, 1.54) is 31.2 Å². The van der Waals surface area contributed by atoms with Crippen LogP contribution >= 0.6 is 0 Å². The van der Waals surface area contributed by atoms with Crippen LogP contribution in [0.15, 0.2) is 29.3 Å². The Morgan fingerprint density at radius 2 is 1.96 bits per heavy atom. The van der Waals surface area contributed by atoms with E-state index >= 15 is 0 Å². The lowest BCUT2D eigenvalue weighted by molar-refractivity contribution is 0.0426. The molecule has 0 radical (unpaired) electrons. The highest BCUT2D eigenvalue weighted by Gasteiger charge is 2.38. The van der Waals surface area contributed by atoms with Gasteiger partial charge < -0.3 is 15.3 Å². The van der Waals surface area contributed by atoms with Crippen LogP contribution in [-0.4, -0.2) is 42.6 Å². The van der Waals surface area contributed by atoms with E-state index in [-0.39, 0.29) is 0 Å². The molecule has 3 unspecified atom stereocenters. The first-order valence-electron chi connectivity index (χ1n) is 9.46. The molecule has 1 saturated heterocycles. The van der Waals surface area contributed by atoms with E-state index in [2.05, 4.69) is 33.4 Å². The van der Waals surface area contributed by atoms with Crippen molar-refractivity contribution in [3.05, 3.63) is 35.4 Å². The average Bonchev–Trinajstić information content (AvgIpc) is 3.18. The third-order valence-electron chi connectivity index (χ3n) is 6.35. The zero-order chi connectivity index (χ0) is 16.6. The van der Waals surface area contributed by atoms with Crippen molar-refractivity contribution < 1.29 is 5.11 Å². The lowest BCUT2D eigenvalue weighted by atomic mass is 9.82. The lowest BCUT2D eigenvalue weighted by Crippen LogP contribution is -2.46. The van der Waals surface area contributed by atoms with Crippen LogP contribution in [0.5, 0.6) is 0 Å². The largest absolute Gasteiger partial charge is 0.383 e. The number of fused-ring (bicyclic) bond motifs is 2. The molecule has 130 valence electrons. The monoisotopic (exact) mass is 327 g/mol. The van der Waals surface area contributed by atoms with Crippen LogP contribution in [0.2, 0.25) is 0 Å². The van der Waals surface area contributed by atoms with E-state index in [1.54, 1.807) is 0 Å². The number of benzene rings is 1. The Hall–Kier alpha value is -1.55. The van der Waals surface area contributed by atoms with Gasteiger partial charge in [0.1, 0.15) is 5.60 Å². The fraction of sp³-hybridized carbons (Fsp3) is 0.650. The van der Waals surface area contributed by atoms with Crippen LogP contribution in [-0.2, 0) is 12.0 Å². The number of guanidine groups is 1. The minimum absolute atomic E-state index is 0.544. The molecule has 1 aromatic carbocycles. The third kappa shape index (κ3) is 2.81. The summed E-state index contributed by atoms with van der Waals surface area (Å²) in [4.78, 5) is 6.90. The van der Waals surface area contributed by atoms with Gasteiger partial charge in [0.2, 0.25) is 0 Å². The second kappa shape index (κ2) is 6.40. The number of nitrogens with one attached hydrogen (secondary N) is 1. The number of aryl methyl sites for hydroxylation is 1. The first kappa shape index (κ1) is 15.9. The zero-order valence-corrected chi connectivity index (χ0v) is 14.7. The van der Waals surface area contributed by atoms with Crippen LogP contribution in [0.1, 0.15) is 43.2 Å². The minimum atomic E-state index is -0.765. The van der Waals surface area contributed by atoms with E-state index in [4.69, 9.17) is 0 Å². The average molecular weight is 327 g/mol. The summed E-state index contributed by atoms with van der Waals surface area (Å²) >= 11 is 0. The molecule has 1 aliphatic heterocycles. The molecule has 1 heterocycles. The number of rotatable bonds is 2. The van der Waals surface area contributed by atoms with Gasteiger partial charge in [-0.05, 0) is 48.6 Å². The van der Waals surface area contributed by atoms with Crippen molar-refractivity contribution >= 4 is 5.96 Å². The molecular weight excluding hydrogens is 298 g/mol. The summed E-state index contributed by atoms with van der Waals surface area (Å²) in [6, 6.07) is 8.28. The topological polar surface area (TPSA) is 47.9 Å². The number of aliphatic imine (C=N–C) groups is 1. The molecule has 2 aliphatic carbocycles. The van der Waals surface area contributed by atoms with Crippen LogP contribution in [0, 0.1) is 11.8 Å². The molecule has 0 aromatic heterocycles. The molecule has 24 heavy (non-hydrogen) atoms. The van der Waals surface area contributed by atoms with E-state index in [0.29, 0.717) is 6.54 Å². The molecule has 2 N–H and O–H groups in total. The van der Waals surface area contributed by atoms with Crippen molar-refractivity contribution in [3.8, 4) is 0 Å². The molecule has 2 fully saturated rings. The van der Waals surface area contributed by atoms with Crippen molar-refractivity contribution in [3.63, 3.8) is 0 Å². The van der Waals surface area contributed by atoms with Gasteiger partial charge >= 0.3 is 0 Å². The summed E-state index contributed by atoms with van der Waals surface area (Å²) in [6.07, 6.45) is 7.27. The van der Waals surface area contributed by atoms with Crippen LogP contribution < -0.4 is 5.32 Å². The van der Waals surface area contributed by atoms with Gasteiger partial charge in [-0.1, -0.05) is 37.1 Å². The van der Waals surface area contributed by atoms with Crippen molar-refractivity contribution in [2.45, 2.75) is 44.1 Å². The van der Waals surface area contributed by atoms with Gasteiger partial charge in [-0.3, -0.25) is 4.99 Å². The Morgan fingerprint density at radius 1 is 1.25 bits per heavy atom. The van der Waals surface area contributed by atoms with Gasteiger partial charge in [0, 0.05) is 20.1 Å². The van der Waals surface area contributed by atoms with E-state index in [0.717, 1.165) is 49.3 Å². The van der Waals surface area contributed by atoms with Gasteiger partial charge in [-0.15, -0.1) is 0 Å². The number of hydrogen-bond donors (Lipinski definition) is 2. The first-order valence-corrected chi connectivity index (χ1v) is 9.46. The first-order chi connectivity index (χ1) is 11.7. The smallest absolute Gasteiger partial charge is 0.193 e. The van der Waals surface area contributed by atoms with Crippen LogP contribution in [0.3, 0.4) is 0 Å². The van der Waals surface area contributed by atoms with Crippen molar-refractivity contribution in [1.29, 1.82) is 0 Å². The molecule has 1 aromatic rings. The van der Waals surface area contributed by atoms with E-state index in [9.17, 15) is 5.11 Å². The van der Waals surface area contributed by atoms with Crippen molar-refractivity contribution in [1.82, 2.24) is 10.2 Å². The molecule has 4 heteroatoms. The Kier molecular flexibility index (Phi) is 4.25. The Bertz CT molecular complexity index is 615. The summed E-state index contributed by atoms with van der Waals surface area (Å²) in [6.45, 7) is 2.79. The number of likely N-dealkylation sites (tertiary alicyclic amines) is 1. The Morgan fingerprint density at radius 3 is 2.67 bits per heavy atom. The summed E-state index contributed by atoms with van der Waals surface area (Å²) in [5.74, 6) is 2.64. The second-order valence-electron chi connectivity index (χ2n) is 7.80. The maximum Gasteiger partial charge on any atom is 0.193 e. The van der Waals surface area contributed by atoms with Gasteiger partial charge in [0.05, 0.1) is 6.54 Å². The fourth-order valence-corrected chi connectivity index (χ4v) is 4.99. The molecule has 4 rings (SSSR count). The highest BCUT2D eigenvalue weighted by molar-refractivity contribution is 5.80. The lowest BCUT2D eigenvalue weighted by Gasteiger charge is -2.28. The predicted octanol–water partition coefficient (Wildman–Crippen LogP) is 2.52. The number of aliphatic hydroxyl groups is 1. The summed E-state index contributed by atoms with van der Waals surface area (Å²) in [5.41, 5.74) is 1.60. The normalized spacial score (nSPS) is 32.6. The molecule has 0 amide bonds. The second-order valence-corrected chi connectivity index (χ2v) is 7.80. The van der Waals surface area contributed by atoms with Gasteiger partial charge in [0.25, 0.3) is 0 Å². The predicted molar refractivity (Wildman–Crippen MR) is 97.0 cm³/mol. The van der Waals surface area contributed by atoms with Gasteiger partial charge in [-0.25, -0.2) is 0 Å². The van der Waals surface area contributed by atoms with E-state index in [1.807, 2.05) is 13.1 Å². The van der Waals surface area contributed by atoms with Crippen molar-refractivity contribution in [2.24, 2.45) is 16.8 Å². The van der Waals surface area contributed by atoms with Crippen LogP contribution in [0.25, 0.3) is 0 Å². The highest BCUT2D eigenvalue weighted by atomic mass is 16.3. The van der Waals surface area contributed by atoms with Gasteiger partial charge in [0.15, 0.2) is 5.96 Å². The standard InChI is InChI=1S/C20H29N3O/c1-21-19(23-12-16-7-2-3-8-17(16)13-23)22-14-20(24)11-10-15-6-4-5-9-18(15)20/h4-6,9,16-17,24H,2-3,7-8,10-14H2,1H3,(H,21,22). The third-order valence-corrected chi connectivity index (χ3v) is 6.35. The molecule has 3 aliphatic rings. The maximum absolute atomic E-state index is 11.1. The highest BCUT2D eigenvalue weighted by Crippen LogP contribution is 2.37. The summed E-state index contributed by atoms with van der Waals surface area (Å²) in [5, 5.41) is 14.6. The number of nitrogens with zero attached hydrogens (tertiary/aromatic N) is 2. The number of hydrogen-bond acceptors (Lipinski definition) is 2. The molecule has 0 bridgehead atoms. The molecule has 3 atom stereocenters. The molecule has 0 spiro atoms. The van der Waals surface area contributed by atoms with Crippen LogP contribution in [0.4, 0.5) is 0 Å². The maximum atomic E-state index is 11.1.